The zero-order valence-corrected chi connectivity index (χ0v) is 16.4. The number of carboxylic acids is 1. The minimum Gasteiger partial charge on any atom is -0.475 e. The van der Waals surface area contributed by atoms with Crippen LogP contribution in [0.1, 0.15) is 25.3 Å². The predicted octanol–water partition coefficient (Wildman–Crippen LogP) is 3.10. The largest absolute Gasteiger partial charge is 0.490 e. The van der Waals surface area contributed by atoms with Crippen LogP contribution in [0.2, 0.25) is 0 Å². The fourth-order valence-corrected chi connectivity index (χ4v) is 3.61. The molecule has 0 spiro atoms. The number of morpholine rings is 1. The molecule has 1 saturated carbocycles. The molecule has 9 heteroatoms. The molecule has 0 unspecified atom stereocenters. The first kappa shape index (κ1) is 23.6. The van der Waals surface area contributed by atoms with Gasteiger partial charge in [0.2, 0.25) is 0 Å². The Bertz CT molecular complexity index is 614. The highest BCUT2D eigenvalue weighted by molar-refractivity contribution is 5.73. The molecule has 0 bridgehead atoms. The zero-order chi connectivity index (χ0) is 21.3. The second kappa shape index (κ2) is 11.5. The molecular weight excluding hydrogens is 391 g/mol. The summed E-state index contributed by atoms with van der Waals surface area (Å²) in [7, 11) is 0. The number of aliphatic carboxylic acids is 1. The number of nitrogens with zero attached hydrogens (tertiary/aromatic N) is 1. The van der Waals surface area contributed by atoms with E-state index in [4.69, 9.17) is 24.1 Å². The Balaban J connectivity index is 0.000000370. The Hall–Kier alpha value is -1.68. The number of fused-ring (bicyclic) bond motifs is 1. The number of carboxylic acid groups (broad SMARTS) is 1. The topological polar surface area (TPSA) is 68.2 Å². The van der Waals surface area contributed by atoms with Gasteiger partial charge in [0.1, 0.15) is 0 Å². The maximum Gasteiger partial charge on any atom is 0.490 e. The Labute approximate surface area is 168 Å². The summed E-state index contributed by atoms with van der Waals surface area (Å²) in [6.45, 7) is 7.11. The van der Waals surface area contributed by atoms with E-state index in [1.165, 1.54) is 12.0 Å². The monoisotopic (exact) mass is 419 g/mol. The zero-order valence-electron chi connectivity index (χ0n) is 16.4. The van der Waals surface area contributed by atoms with Gasteiger partial charge < -0.3 is 19.3 Å². The third kappa shape index (κ3) is 7.58. The second-order valence-electron chi connectivity index (χ2n) is 6.85. The Morgan fingerprint density at radius 1 is 1.28 bits per heavy atom. The third-order valence-corrected chi connectivity index (χ3v) is 4.91. The van der Waals surface area contributed by atoms with Gasteiger partial charge in [-0.05, 0) is 25.3 Å². The first-order valence-corrected chi connectivity index (χ1v) is 9.72. The number of ether oxygens (including phenoxy) is 3. The molecule has 2 aliphatic rings. The summed E-state index contributed by atoms with van der Waals surface area (Å²) in [6.07, 6.45) is -2.26. The molecule has 3 rings (SSSR count). The highest BCUT2D eigenvalue weighted by atomic mass is 19.4. The summed E-state index contributed by atoms with van der Waals surface area (Å²) < 4.78 is 49.4. The lowest BCUT2D eigenvalue weighted by Gasteiger charge is -2.38. The number of hydrogen-bond donors (Lipinski definition) is 1. The van der Waals surface area contributed by atoms with E-state index < -0.39 is 12.1 Å². The van der Waals surface area contributed by atoms with Crippen LogP contribution in [0.15, 0.2) is 30.3 Å². The molecular formula is C20H28F3NO5. The van der Waals surface area contributed by atoms with Crippen LogP contribution >= 0.6 is 0 Å². The van der Waals surface area contributed by atoms with Crippen molar-refractivity contribution in [1.29, 1.82) is 0 Å². The van der Waals surface area contributed by atoms with Crippen LogP contribution in [0.25, 0.3) is 0 Å². The maximum absolute atomic E-state index is 10.6. The van der Waals surface area contributed by atoms with Gasteiger partial charge in [0.25, 0.3) is 0 Å². The normalized spacial score (nSPS) is 24.5. The van der Waals surface area contributed by atoms with Gasteiger partial charge in [-0.25, -0.2) is 4.79 Å². The maximum atomic E-state index is 10.6. The van der Waals surface area contributed by atoms with Crippen molar-refractivity contribution in [2.24, 2.45) is 0 Å². The molecule has 164 valence electrons. The van der Waals surface area contributed by atoms with Crippen LogP contribution in [-0.2, 0) is 25.6 Å². The van der Waals surface area contributed by atoms with Crippen molar-refractivity contribution in [2.45, 2.75) is 50.8 Å². The van der Waals surface area contributed by atoms with Gasteiger partial charge in [-0.1, -0.05) is 30.3 Å². The number of benzene rings is 1. The van der Waals surface area contributed by atoms with Crippen molar-refractivity contribution in [3.05, 3.63) is 35.9 Å². The van der Waals surface area contributed by atoms with Crippen LogP contribution in [0.5, 0.6) is 0 Å². The van der Waals surface area contributed by atoms with E-state index >= 15 is 0 Å². The highest BCUT2D eigenvalue weighted by Gasteiger charge is 2.42. The number of hydrogen-bond acceptors (Lipinski definition) is 5. The summed E-state index contributed by atoms with van der Waals surface area (Å²) in [4.78, 5) is 11.4. The van der Waals surface area contributed by atoms with Crippen molar-refractivity contribution < 1.29 is 37.3 Å². The van der Waals surface area contributed by atoms with E-state index in [0.717, 1.165) is 39.3 Å². The van der Waals surface area contributed by atoms with Crippen LogP contribution in [-0.4, -0.2) is 73.3 Å². The lowest BCUT2D eigenvalue weighted by molar-refractivity contribution is -0.192. The average molecular weight is 419 g/mol. The van der Waals surface area contributed by atoms with Gasteiger partial charge in [-0.15, -0.1) is 0 Å². The molecule has 1 aliphatic heterocycles. The highest BCUT2D eigenvalue weighted by Crippen LogP contribution is 2.31. The van der Waals surface area contributed by atoms with Gasteiger partial charge >= 0.3 is 12.1 Å². The molecule has 1 heterocycles. The molecule has 29 heavy (non-hydrogen) atoms. The smallest absolute Gasteiger partial charge is 0.475 e. The quantitative estimate of drug-likeness (QED) is 0.685. The van der Waals surface area contributed by atoms with Crippen LogP contribution in [0.3, 0.4) is 0 Å². The Morgan fingerprint density at radius 2 is 1.97 bits per heavy atom. The van der Waals surface area contributed by atoms with E-state index in [-0.39, 0.29) is 12.2 Å². The number of rotatable bonds is 7. The standard InChI is InChI=1S/C18H27NO3.C2HF3O2/c1-2-21-17-9-8-16-18(17)22-13-11-19(16)10-12-20-14-15-6-4-3-5-7-15;3-2(4,5)1(6)7/h3-7,16-18H,2,8-14H2,1H3;(H,6,7)/t16-,17+,18+;/m0./s1. The van der Waals surface area contributed by atoms with Gasteiger partial charge in [0, 0.05) is 25.7 Å². The molecule has 6 nitrogen and oxygen atoms in total. The molecule has 0 amide bonds. The van der Waals surface area contributed by atoms with E-state index in [1.807, 2.05) is 6.07 Å². The van der Waals surface area contributed by atoms with Gasteiger partial charge in [-0.3, -0.25) is 4.90 Å². The molecule has 1 aliphatic carbocycles. The fraction of sp³-hybridized carbons (Fsp3) is 0.650. The summed E-state index contributed by atoms with van der Waals surface area (Å²) in [5.41, 5.74) is 1.24. The third-order valence-electron chi connectivity index (χ3n) is 4.91. The van der Waals surface area contributed by atoms with Gasteiger partial charge in [-0.2, -0.15) is 13.2 Å². The predicted molar refractivity (Wildman–Crippen MR) is 99.5 cm³/mol. The van der Waals surface area contributed by atoms with Crippen LogP contribution in [0, 0.1) is 0 Å². The summed E-state index contributed by atoms with van der Waals surface area (Å²) in [5.74, 6) is -2.76. The van der Waals surface area contributed by atoms with Crippen molar-refractivity contribution in [1.82, 2.24) is 4.90 Å². The molecule has 3 atom stereocenters. The first-order valence-electron chi connectivity index (χ1n) is 9.72. The number of carbonyl (C=O) groups is 1. The molecule has 0 aromatic heterocycles. The van der Waals surface area contributed by atoms with Crippen molar-refractivity contribution in [3.8, 4) is 0 Å². The van der Waals surface area contributed by atoms with Gasteiger partial charge in [0.15, 0.2) is 0 Å². The Kier molecular flexibility index (Phi) is 9.35. The second-order valence-corrected chi connectivity index (χ2v) is 6.85. The van der Waals surface area contributed by atoms with Crippen molar-refractivity contribution >= 4 is 5.97 Å². The first-order chi connectivity index (χ1) is 13.8. The molecule has 1 N–H and O–H groups in total. The molecule has 2 fully saturated rings. The number of alkyl halides is 3. The summed E-state index contributed by atoms with van der Waals surface area (Å²) in [5, 5.41) is 7.12. The van der Waals surface area contributed by atoms with E-state index in [0.29, 0.717) is 12.6 Å². The van der Waals surface area contributed by atoms with Crippen LogP contribution < -0.4 is 0 Å². The molecule has 1 aromatic rings. The molecule has 0 radical (unpaired) electrons. The van der Waals surface area contributed by atoms with Crippen molar-refractivity contribution in [2.75, 3.05) is 32.9 Å². The van der Waals surface area contributed by atoms with E-state index in [9.17, 15) is 13.2 Å². The lowest BCUT2D eigenvalue weighted by atomic mass is 10.1. The molecule has 1 saturated heterocycles. The summed E-state index contributed by atoms with van der Waals surface area (Å²) in [6, 6.07) is 10.9. The minimum absolute atomic E-state index is 0.253. The average Bonchev–Trinajstić information content (AvgIpc) is 3.10. The SMILES string of the molecule is CCO[C@@H]1CC[C@H]2[C@H]1OCCN2CCOCc1ccccc1.O=C(O)C(F)(F)F. The number of halogens is 3. The lowest BCUT2D eigenvalue weighted by Crippen LogP contribution is -2.52. The Morgan fingerprint density at radius 3 is 2.59 bits per heavy atom. The van der Waals surface area contributed by atoms with Crippen molar-refractivity contribution in [3.63, 3.8) is 0 Å². The van der Waals surface area contributed by atoms with Crippen LogP contribution in [0.4, 0.5) is 13.2 Å². The minimum atomic E-state index is -5.08. The summed E-state index contributed by atoms with van der Waals surface area (Å²) >= 11 is 0. The van der Waals surface area contributed by atoms with E-state index in [1.54, 1.807) is 0 Å². The van der Waals surface area contributed by atoms with Gasteiger partial charge in [0.05, 0.1) is 32.0 Å². The van der Waals surface area contributed by atoms with E-state index in [2.05, 4.69) is 36.1 Å². The molecule has 1 aromatic carbocycles. The fourth-order valence-electron chi connectivity index (χ4n) is 3.61.